The summed E-state index contributed by atoms with van der Waals surface area (Å²) in [5.74, 6) is 0.839. The third-order valence-electron chi connectivity index (χ3n) is 1.07. The van der Waals surface area contributed by atoms with Crippen LogP contribution in [0, 0.1) is 6.92 Å². The SMILES string of the molecule is Cc1cc(C(C)S)no1. The van der Waals surface area contributed by atoms with Gasteiger partial charge in [0.15, 0.2) is 0 Å². The van der Waals surface area contributed by atoms with Crippen LogP contribution in [0.15, 0.2) is 10.6 Å². The lowest BCUT2D eigenvalue weighted by Gasteiger charge is -1.91. The van der Waals surface area contributed by atoms with Gasteiger partial charge in [-0.05, 0) is 13.8 Å². The fraction of sp³-hybridized carbons (Fsp3) is 0.500. The molecule has 1 atom stereocenters. The molecule has 0 saturated carbocycles. The quantitative estimate of drug-likeness (QED) is 0.608. The molecule has 0 aliphatic heterocycles. The van der Waals surface area contributed by atoms with Crippen molar-refractivity contribution in [3.8, 4) is 0 Å². The molecule has 0 N–H and O–H groups in total. The summed E-state index contributed by atoms with van der Waals surface area (Å²) in [6, 6.07) is 1.89. The number of rotatable bonds is 1. The Hall–Kier alpha value is -0.440. The van der Waals surface area contributed by atoms with Crippen molar-refractivity contribution in [2.24, 2.45) is 0 Å². The molecule has 0 amide bonds. The number of nitrogens with zero attached hydrogens (tertiary/aromatic N) is 1. The highest BCUT2D eigenvalue weighted by molar-refractivity contribution is 7.80. The molecule has 50 valence electrons. The summed E-state index contributed by atoms with van der Waals surface area (Å²) in [6.07, 6.45) is 0. The zero-order valence-electron chi connectivity index (χ0n) is 5.46. The fourth-order valence-electron chi connectivity index (χ4n) is 0.583. The Morgan fingerprint density at radius 1 is 1.78 bits per heavy atom. The van der Waals surface area contributed by atoms with Crippen molar-refractivity contribution in [3.05, 3.63) is 17.5 Å². The van der Waals surface area contributed by atoms with Gasteiger partial charge in [-0.3, -0.25) is 0 Å². The van der Waals surface area contributed by atoms with Gasteiger partial charge >= 0.3 is 0 Å². The van der Waals surface area contributed by atoms with E-state index in [0.29, 0.717) is 0 Å². The van der Waals surface area contributed by atoms with Gasteiger partial charge in [0, 0.05) is 11.3 Å². The van der Waals surface area contributed by atoms with Crippen LogP contribution < -0.4 is 0 Å². The van der Waals surface area contributed by atoms with Gasteiger partial charge in [0.25, 0.3) is 0 Å². The fourth-order valence-corrected chi connectivity index (χ4v) is 0.704. The van der Waals surface area contributed by atoms with Crippen molar-refractivity contribution in [2.45, 2.75) is 19.1 Å². The van der Waals surface area contributed by atoms with Crippen LogP contribution in [-0.2, 0) is 0 Å². The van der Waals surface area contributed by atoms with E-state index >= 15 is 0 Å². The maximum Gasteiger partial charge on any atom is 0.133 e. The van der Waals surface area contributed by atoms with Gasteiger partial charge in [0.2, 0.25) is 0 Å². The molecule has 0 fully saturated rings. The van der Waals surface area contributed by atoms with Crippen LogP contribution in [0.1, 0.15) is 23.6 Å². The average molecular weight is 143 g/mol. The smallest absolute Gasteiger partial charge is 0.133 e. The first-order valence-corrected chi connectivity index (χ1v) is 3.33. The van der Waals surface area contributed by atoms with Crippen LogP contribution in [0.25, 0.3) is 0 Å². The lowest BCUT2D eigenvalue weighted by molar-refractivity contribution is 0.391. The minimum atomic E-state index is 0.169. The van der Waals surface area contributed by atoms with E-state index in [4.69, 9.17) is 4.52 Å². The first kappa shape index (κ1) is 6.68. The second kappa shape index (κ2) is 2.43. The standard InChI is InChI=1S/C6H9NOS/c1-4-3-6(5(2)9)7-8-4/h3,5,9H,1-2H3. The molecule has 0 aliphatic rings. The Morgan fingerprint density at radius 2 is 2.44 bits per heavy atom. The molecule has 3 heteroatoms. The molecule has 0 radical (unpaired) electrons. The molecule has 2 nitrogen and oxygen atoms in total. The maximum atomic E-state index is 4.83. The predicted octanol–water partition coefficient (Wildman–Crippen LogP) is 1.97. The number of thiol groups is 1. The molecule has 0 spiro atoms. The Balaban J connectivity index is 2.85. The van der Waals surface area contributed by atoms with Crippen LogP contribution >= 0.6 is 12.6 Å². The second-order valence-electron chi connectivity index (χ2n) is 2.04. The van der Waals surface area contributed by atoms with Crippen LogP contribution in [0.5, 0.6) is 0 Å². The van der Waals surface area contributed by atoms with Gasteiger partial charge < -0.3 is 4.52 Å². The van der Waals surface area contributed by atoms with Crippen LogP contribution in [0.3, 0.4) is 0 Å². The van der Waals surface area contributed by atoms with Crippen molar-refractivity contribution in [2.75, 3.05) is 0 Å². The van der Waals surface area contributed by atoms with Crippen molar-refractivity contribution >= 4 is 12.6 Å². The van der Waals surface area contributed by atoms with E-state index in [1.165, 1.54) is 0 Å². The third-order valence-corrected chi connectivity index (χ3v) is 1.34. The lowest BCUT2D eigenvalue weighted by atomic mass is 10.3. The zero-order valence-corrected chi connectivity index (χ0v) is 6.35. The highest BCUT2D eigenvalue weighted by Crippen LogP contribution is 2.17. The van der Waals surface area contributed by atoms with Gasteiger partial charge in [-0.25, -0.2) is 0 Å². The predicted molar refractivity (Wildman–Crippen MR) is 38.6 cm³/mol. The zero-order chi connectivity index (χ0) is 6.85. The third kappa shape index (κ3) is 1.48. The average Bonchev–Trinajstić information content (AvgIpc) is 2.14. The van der Waals surface area contributed by atoms with Crippen LogP contribution in [0.4, 0.5) is 0 Å². The van der Waals surface area contributed by atoms with Crippen LogP contribution in [0.2, 0.25) is 0 Å². The van der Waals surface area contributed by atoms with Crippen molar-refractivity contribution in [3.63, 3.8) is 0 Å². The maximum absolute atomic E-state index is 4.83. The minimum absolute atomic E-state index is 0.169. The number of hydrogen-bond acceptors (Lipinski definition) is 3. The Bertz CT molecular complexity index is 195. The number of aromatic nitrogens is 1. The molecule has 0 saturated heterocycles. The van der Waals surface area contributed by atoms with Gasteiger partial charge in [0.05, 0.1) is 5.69 Å². The summed E-state index contributed by atoms with van der Waals surface area (Å²) in [6.45, 7) is 3.83. The normalized spacial score (nSPS) is 13.7. The summed E-state index contributed by atoms with van der Waals surface area (Å²) < 4.78 is 4.83. The molecule has 0 aromatic carbocycles. The van der Waals surface area contributed by atoms with E-state index in [0.717, 1.165) is 11.5 Å². The van der Waals surface area contributed by atoms with E-state index in [9.17, 15) is 0 Å². The molecule has 1 rings (SSSR count). The van der Waals surface area contributed by atoms with Gasteiger partial charge in [-0.15, -0.1) is 0 Å². The summed E-state index contributed by atoms with van der Waals surface area (Å²) in [7, 11) is 0. The van der Waals surface area contributed by atoms with Crippen LogP contribution in [-0.4, -0.2) is 5.16 Å². The monoisotopic (exact) mass is 143 g/mol. The highest BCUT2D eigenvalue weighted by Gasteiger charge is 2.03. The molecule has 1 unspecified atom stereocenters. The lowest BCUT2D eigenvalue weighted by Crippen LogP contribution is -1.80. The Kier molecular flexibility index (Phi) is 1.81. The Labute approximate surface area is 59.6 Å². The molecule has 1 aromatic rings. The van der Waals surface area contributed by atoms with Gasteiger partial charge in [-0.1, -0.05) is 5.16 Å². The molecule has 1 aromatic heterocycles. The van der Waals surface area contributed by atoms with E-state index in [2.05, 4.69) is 17.8 Å². The van der Waals surface area contributed by atoms with E-state index in [-0.39, 0.29) is 5.25 Å². The van der Waals surface area contributed by atoms with Gasteiger partial charge in [0.1, 0.15) is 5.76 Å². The summed E-state index contributed by atoms with van der Waals surface area (Å²) in [5.41, 5.74) is 0.899. The summed E-state index contributed by atoms with van der Waals surface area (Å²) >= 11 is 4.18. The number of hydrogen-bond donors (Lipinski definition) is 1. The summed E-state index contributed by atoms with van der Waals surface area (Å²) in [5, 5.41) is 3.93. The molecular weight excluding hydrogens is 134 g/mol. The molecule has 0 bridgehead atoms. The molecule has 1 heterocycles. The highest BCUT2D eigenvalue weighted by atomic mass is 32.1. The van der Waals surface area contributed by atoms with Crippen molar-refractivity contribution < 1.29 is 4.52 Å². The van der Waals surface area contributed by atoms with E-state index in [1.807, 2.05) is 19.9 Å². The first-order chi connectivity index (χ1) is 4.20. The second-order valence-corrected chi connectivity index (χ2v) is 2.81. The largest absolute Gasteiger partial charge is 0.361 e. The van der Waals surface area contributed by atoms with Gasteiger partial charge in [-0.2, -0.15) is 12.6 Å². The van der Waals surface area contributed by atoms with Crippen molar-refractivity contribution in [1.82, 2.24) is 5.16 Å². The molecule has 9 heavy (non-hydrogen) atoms. The van der Waals surface area contributed by atoms with E-state index < -0.39 is 0 Å². The Morgan fingerprint density at radius 3 is 2.67 bits per heavy atom. The molecular formula is C6H9NOS. The molecule has 0 aliphatic carbocycles. The number of aryl methyl sites for hydroxylation is 1. The topological polar surface area (TPSA) is 26.0 Å². The van der Waals surface area contributed by atoms with E-state index in [1.54, 1.807) is 0 Å². The first-order valence-electron chi connectivity index (χ1n) is 2.81. The van der Waals surface area contributed by atoms with Crippen molar-refractivity contribution in [1.29, 1.82) is 0 Å². The summed E-state index contributed by atoms with van der Waals surface area (Å²) in [4.78, 5) is 0. The minimum Gasteiger partial charge on any atom is -0.361 e.